The highest BCUT2D eigenvalue weighted by molar-refractivity contribution is 5.39. The SMILES string of the molecule is Cc1ccc(-n2ccc(CCO)n2)cc1C. The van der Waals surface area contributed by atoms with Crippen molar-refractivity contribution < 1.29 is 5.11 Å². The van der Waals surface area contributed by atoms with Crippen LogP contribution in [0.25, 0.3) is 5.69 Å². The lowest BCUT2D eigenvalue weighted by atomic mass is 10.1. The van der Waals surface area contributed by atoms with Crippen LogP contribution in [0.5, 0.6) is 0 Å². The minimum Gasteiger partial charge on any atom is -0.396 e. The van der Waals surface area contributed by atoms with Crippen molar-refractivity contribution in [1.82, 2.24) is 9.78 Å². The van der Waals surface area contributed by atoms with Gasteiger partial charge in [0.15, 0.2) is 0 Å². The Bertz CT molecular complexity index is 488. The summed E-state index contributed by atoms with van der Waals surface area (Å²) in [6, 6.07) is 8.20. The predicted octanol–water partition coefficient (Wildman–Crippen LogP) is 2.02. The quantitative estimate of drug-likeness (QED) is 0.852. The van der Waals surface area contributed by atoms with Gasteiger partial charge in [0.05, 0.1) is 11.4 Å². The largest absolute Gasteiger partial charge is 0.396 e. The molecule has 2 rings (SSSR count). The van der Waals surface area contributed by atoms with E-state index in [2.05, 4.69) is 37.1 Å². The van der Waals surface area contributed by atoms with E-state index in [-0.39, 0.29) is 6.61 Å². The van der Waals surface area contributed by atoms with Gasteiger partial charge in [-0.2, -0.15) is 5.10 Å². The average Bonchev–Trinajstić information content (AvgIpc) is 2.71. The molecule has 0 amide bonds. The van der Waals surface area contributed by atoms with E-state index in [0.29, 0.717) is 6.42 Å². The lowest BCUT2D eigenvalue weighted by molar-refractivity contribution is 0.298. The van der Waals surface area contributed by atoms with E-state index in [1.54, 1.807) is 0 Å². The maximum Gasteiger partial charge on any atom is 0.0651 e. The molecule has 0 aliphatic rings. The summed E-state index contributed by atoms with van der Waals surface area (Å²) < 4.78 is 1.84. The van der Waals surface area contributed by atoms with Crippen molar-refractivity contribution in [1.29, 1.82) is 0 Å². The van der Waals surface area contributed by atoms with Gasteiger partial charge >= 0.3 is 0 Å². The van der Waals surface area contributed by atoms with Crippen LogP contribution in [0.4, 0.5) is 0 Å². The first-order chi connectivity index (χ1) is 7.70. The van der Waals surface area contributed by atoms with Crippen molar-refractivity contribution in [2.75, 3.05) is 6.61 Å². The molecular formula is C13H16N2O. The molecule has 1 heterocycles. The zero-order valence-electron chi connectivity index (χ0n) is 9.64. The van der Waals surface area contributed by atoms with Gasteiger partial charge < -0.3 is 5.11 Å². The Kier molecular flexibility index (Phi) is 3.06. The lowest BCUT2D eigenvalue weighted by Gasteiger charge is -2.05. The van der Waals surface area contributed by atoms with Crippen LogP contribution in [0.15, 0.2) is 30.5 Å². The van der Waals surface area contributed by atoms with Gasteiger partial charge in [-0.25, -0.2) is 4.68 Å². The Morgan fingerprint density at radius 3 is 2.69 bits per heavy atom. The summed E-state index contributed by atoms with van der Waals surface area (Å²) in [6.07, 6.45) is 2.53. The highest BCUT2D eigenvalue weighted by Gasteiger charge is 2.02. The molecule has 1 aromatic heterocycles. The van der Waals surface area contributed by atoms with E-state index in [4.69, 9.17) is 5.11 Å². The van der Waals surface area contributed by atoms with E-state index >= 15 is 0 Å². The number of aliphatic hydroxyl groups is 1. The van der Waals surface area contributed by atoms with Crippen LogP contribution in [0.2, 0.25) is 0 Å². The monoisotopic (exact) mass is 216 g/mol. The second kappa shape index (κ2) is 4.49. The van der Waals surface area contributed by atoms with E-state index in [1.807, 2.05) is 16.9 Å². The van der Waals surface area contributed by atoms with Crippen molar-refractivity contribution in [2.24, 2.45) is 0 Å². The number of hydrogen-bond acceptors (Lipinski definition) is 2. The number of aliphatic hydroxyl groups excluding tert-OH is 1. The molecular weight excluding hydrogens is 200 g/mol. The highest BCUT2D eigenvalue weighted by atomic mass is 16.3. The summed E-state index contributed by atoms with van der Waals surface area (Å²) in [5.74, 6) is 0. The number of rotatable bonds is 3. The summed E-state index contributed by atoms with van der Waals surface area (Å²) in [5.41, 5.74) is 4.52. The van der Waals surface area contributed by atoms with Gasteiger partial charge in [0.2, 0.25) is 0 Å². The fourth-order valence-electron chi connectivity index (χ4n) is 1.62. The average molecular weight is 216 g/mol. The first-order valence-electron chi connectivity index (χ1n) is 5.44. The molecule has 0 saturated heterocycles. The number of hydrogen-bond donors (Lipinski definition) is 1. The first-order valence-corrected chi connectivity index (χ1v) is 5.44. The van der Waals surface area contributed by atoms with Gasteiger partial charge in [-0.3, -0.25) is 0 Å². The Morgan fingerprint density at radius 1 is 1.19 bits per heavy atom. The molecule has 0 saturated carbocycles. The third kappa shape index (κ3) is 2.14. The molecule has 3 heteroatoms. The van der Waals surface area contributed by atoms with Crippen molar-refractivity contribution >= 4 is 0 Å². The Hall–Kier alpha value is -1.61. The maximum atomic E-state index is 8.83. The highest BCUT2D eigenvalue weighted by Crippen LogP contribution is 2.13. The van der Waals surface area contributed by atoms with E-state index in [0.717, 1.165) is 11.4 Å². The molecule has 0 atom stereocenters. The Morgan fingerprint density at radius 2 is 2.00 bits per heavy atom. The molecule has 0 fully saturated rings. The van der Waals surface area contributed by atoms with Crippen molar-refractivity contribution in [3.8, 4) is 5.69 Å². The van der Waals surface area contributed by atoms with Crippen LogP contribution in [0, 0.1) is 13.8 Å². The van der Waals surface area contributed by atoms with Gasteiger partial charge in [-0.1, -0.05) is 6.07 Å². The Labute approximate surface area is 95.3 Å². The molecule has 0 spiro atoms. The molecule has 3 nitrogen and oxygen atoms in total. The summed E-state index contributed by atoms with van der Waals surface area (Å²) in [6.45, 7) is 4.33. The molecule has 0 unspecified atom stereocenters. The smallest absolute Gasteiger partial charge is 0.0651 e. The zero-order valence-corrected chi connectivity index (χ0v) is 9.64. The van der Waals surface area contributed by atoms with E-state index in [1.165, 1.54) is 11.1 Å². The van der Waals surface area contributed by atoms with E-state index < -0.39 is 0 Å². The van der Waals surface area contributed by atoms with Gasteiger partial charge in [-0.05, 0) is 43.2 Å². The molecule has 84 valence electrons. The topological polar surface area (TPSA) is 38.0 Å². The second-order valence-electron chi connectivity index (χ2n) is 3.99. The Balaban J connectivity index is 2.31. The van der Waals surface area contributed by atoms with Crippen LogP contribution in [-0.2, 0) is 6.42 Å². The molecule has 0 aliphatic carbocycles. The van der Waals surface area contributed by atoms with Crippen molar-refractivity contribution in [3.05, 3.63) is 47.3 Å². The number of benzene rings is 1. The maximum absolute atomic E-state index is 8.83. The van der Waals surface area contributed by atoms with Gasteiger partial charge in [0.25, 0.3) is 0 Å². The van der Waals surface area contributed by atoms with Crippen molar-refractivity contribution in [3.63, 3.8) is 0 Å². The number of nitrogens with zero attached hydrogens (tertiary/aromatic N) is 2. The number of aryl methyl sites for hydroxylation is 2. The molecule has 1 N–H and O–H groups in total. The summed E-state index contributed by atoms with van der Waals surface area (Å²) >= 11 is 0. The minimum absolute atomic E-state index is 0.143. The van der Waals surface area contributed by atoms with Crippen LogP contribution in [-0.4, -0.2) is 21.5 Å². The van der Waals surface area contributed by atoms with Crippen LogP contribution in [0.3, 0.4) is 0 Å². The van der Waals surface area contributed by atoms with Gasteiger partial charge in [0.1, 0.15) is 0 Å². The third-order valence-electron chi connectivity index (χ3n) is 2.77. The summed E-state index contributed by atoms with van der Waals surface area (Å²) in [5, 5.41) is 13.2. The van der Waals surface area contributed by atoms with Gasteiger partial charge in [-0.15, -0.1) is 0 Å². The number of aromatic nitrogens is 2. The van der Waals surface area contributed by atoms with Gasteiger partial charge in [0, 0.05) is 19.2 Å². The molecule has 1 aromatic carbocycles. The summed E-state index contributed by atoms with van der Waals surface area (Å²) in [4.78, 5) is 0. The second-order valence-corrected chi connectivity index (χ2v) is 3.99. The molecule has 0 radical (unpaired) electrons. The fraction of sp³-hybridized carbons (Fsp3) is 0.308. The fourth-order valence-corrected chi connectivity index (χ4v) is 1.62. The van der Waals surface area contributed by atoms with E-state index in [9.17, 15) is 0 Å². The summed E-state index contributed by atoms with van der Waals surface area (Å²) in [7, 11) is 0. The first kappa shape index (κ1) is 10.9. The molecule has 16 heavy (non-hydrogen) atoms. The van der Waals surface area contributed by atoms with Crippen LogP contribution in [0.1, 0.15) is 16.8 Å². The molecule has 0 aliphatic heterocycles. The predicted molar refractivity (Wildman–Crippen MR) is 63.8 cm³/mol. The zero-order chi connectivity index (χ0) is 11.5. The third-order valence-corrected chi connectivity index (χ3v) is 2.77. The minimum atomic E-state index is 0.143. The van der Waals surface area contributed by atoms with Crippen LogP contribution < -0.4 is 0 Å². The van der Waals surface area contributed by atoms with Crippen molar-refractivity contribution in [2.45, 2.75) is 20.3 Å². The van der Waals surface area contributed by atoms with Crippen LogP contribution >= 0.6 is 0 Å². The molecule has 2 aromatic rings. The normalized spacial score (nSPS) is 10.7. The standard InChI is InChI=1S/C13H16N2O/c1-10-3-4-13(9-11(10)2)15-7-5-12(14-15)6-8-16/h3-5,7,9,16H,6,8H2,1-2H3. The lowest BCUT2D eigenvalue weighted by Crippen LogP contribution is -1.98. The molecule has 0 bridgehead atoms.